The Labute approximate surface area is 186 Å². The van der Waals surface area contributed by atoms with Gasteiger partial charge in [0.1, 0.15) is 11.0 Å². The van der Waals surface area contributed by atoms with Crippen LogP contribution in [0.25, 0.3) is 0 Å². The Hall–Kier alpha value is -1.13. The second kappa shape index (κ2) is 8.09. The lowest BCUT2D eigenvalue weighted by molar-refractivity contribution is -0.868. The van der Waals surface area contributed by atoms with E-state index in [1.54, 1.807) is 4.90 Å². The third kappa shape index (κ3) is 3.79. The molecule has 4 nitrogen and oxygen atoms in total. The minimum atomic E-state index is -2.42. The number of allylic oxidation sites excluding steroid dienone is 3. The Morgan fingerprint density at radius 2 is 1.77 bits per heavy atom. The monoisotopic (exact) mass is 444 g/mol. The van der Waals surface area contributed by atoms with Crippen molar-refractivity contribution in [3.8, 4) is 0 Å². The van der Waals surface area contributed by atoms with Crippen LogP contribution in [0.5, 0.6) is 0 Å². The number of para-hydroxylation sites is 1. The van der Waals surface area contributed by atoms with Crippen LogP contribution in [0.3, 0.4) is 0 Å². The normalized spacial score (nSPS) is 29.7. The summed E-state index contributed by atoms with van der Waals surface area (Å²) < 4.78 is 9.19. The number of rotatable bonds is 4. The van der Waals surface area contributed by atoms with Gasteiger partial charge in [-0.15, -0.1) is 0 Å². The molecule has 0 aromatic heterocycles. The van der Waals surface area contributed by atoms with Gasteiger partial charge in [-0.2, -0.15) is 0 Å². The highest BCUT2D eigenvalue weighted by molar-refractivity contribution is 8.15. The summed E-state index contributed by atoms with van der Waals surface area (Å²) in [5, 5.41) is 1.34. The van der Waals surface area contributed by atoms with Gasteiger partial charge in [0.2, 0.25) is 6.42 Å². The SMILES string of the molecule is CC1(C)C=C2NN(c3ccccc3)[P@](=S)(OC3CCCC3)C2=C([NH+]2CCCCC2)C1. The summed E-state index contributed by atoms with van der Waals surface area (Å²) in [6, 6.07) is 10.6. The molecule has 1 atom stereocenters. The van der Waals surface area contributed by atoms with Crippen LogP contribution in [-0.4, -0.2) is 19.2 Å². The van der Waals surface area contributed by atoms with E-state index < -0.39 is 6.42 Å². The molecule has 162 valence electrons. The summed E-state index contributed by atoms with van der Waals surface area (Å²) in [6.07, 6.45) is 10.2. The highest BCUT2D eigenvalue weighted by atomic mass is 32.4. The molecule has 2 heterocycles. The molecule has 30 heavy (non-hydrogen) atoms. The summed E-state index contributed by atoms with van der Waals surface area (Å²) in [5.74, 6) is 0. The van der Waals surface area contributed by atoms with Gasteiger partial charge < -0.3 is 9.42 Å². The smallest absolute Gasteiger partial charge is 0.212 e. The van der Waals surface area contributed by atoms with Crippen LogP contribution in [0.4, 0.5) is 5.69 Å². The van der Waals surface area contributed by atoms with Crippen molar-refractivity contribution in [1.82, 2.24) is 5.43 Å². The van der Waals surface area contributed by atoms with Crippen LogP contribution in [0, 0.1) is 5.41 Å². The second-order valence-corrected chi connectivity index (χ2v) is 13.6. The highest BCUT2D eigenvalue weighted by Crippen LogP contribution is 2.68. The Bertz CT molecular complexity index is 898. The fraction of sp³-hybridized carbons (Fsp3) is 0.583. The van der Waals surface area contributed by atoms with Gasteiger partial charge in [0.15, 0.2) is 0 Å². The van der Waals surface area contributed by atoms with Gasteiger partial charge in [-0.25, -0.2) is 4.78 Å². The number of piperidine rings is 1. The number of likely N-dealkylation sites (tertiary alicyclic amines) is 1. The van der Waals surface area contributed by atoms with Crippen molar-refractivity contribution in [3.63, 3.8) is 0 Å². The van der Waals surface area contributed by atoms with E-state index in [9.17, 15) is 0 Å². The number of fused-ring (bicyclic) bond motifs is 1. The van der Waals surface area contributed by atoms with Crippen LogP contribution >= 0.6 is 6.42 Å². The largest absolute Gasteiger partial charge is 0.326 e. The van der Waals surface area contributed by atoms with E-state index in [4.69, 9.17) is 16.3 Å². The zero-order chi connectivity index (χ0) is 20.8. The van der Waals surface area contributed by atoms with Gasteiger partial charge in [0, 0.05) is 6.42 Å². The van der Waals surface area contributed by atoms with Gasteiger partial charge in [-0.05, 0) is 61.5 Å². The van der Waals surface area contributed by atoms with E-state index in [-0.39, 0.29) is 5.41 Å². The predicted octanol–water partition coefficient (Wildman–Crippen LogP) is 4.87. The summed E-state index contributed by atoms with van der Waals surface area (Å²) >= 11 is 6.57. The Morgan fingerprint density at radius 3 is 2.47 bits per heavy atom. The van der Waals surface area contributed by atoms with E-state index in [2.05, 4.69) is 60.5 Å². The third-order valence-electron chi connectivity index (χ3n) is 6.96. The molecule has 0 unspecified atom stereocenters. The maximum absolute atomic E-state index is 6.96. The van der Waals surface area contributed by atoms with Gasteiger partial charge in [0.25, 0.3) is 0 Å². The first-order valence-corrected chi connectivity index (χ1v) is 14.4. The van der Waals surface area contributed by atoms with E-state index in [0.717, 1.165) is 24.9 Å². The lowest BCUT2D eigenvalue weighted by Crippen LogP contribution is -3.11. The van der Waals surface area contributed by atoms with E-state index in [0.29, 0.717) is 6.10 Å². The zero-order valence-electron chi connectivity index (χ0n) is 18.3. The molecule has 6 heteroatoms. The van der Waals surface area contributed by atoms with E-state index in [1.807, 2.05) is 0 Å². The van der Waals surface area contributed by atoms with Crippen molar-refractivity contribution in [1.29, 1.82) is 0 Å². The molecule has 2 aliphatic carbocycles. The molecule has 1 aromatic carbocycles. The molecule has 0 radical (unpaired) electrons. The Morgan fingerprint density at radius 1 is 1.07 bits per heavy atom. The van der Waals surface area contributed by atoms with Crippen molar-refractivity contribution >= 4 is 23.9 Å². The molecule has 4 aliphatic rings. The number of benzene rings is 1. The van der Waals surface area contributed by atoms with Gasteiger partial charge in [0.05, 0.1) is 30.6 Å². The minimum absolute atomic E-state index is 0.131. The number of nitrogens with one attached hydrogen (secondary N) is 2. The van der Waals surface area contributed by atoms with E-state index in [1.165, 1.54) is 61.9 Å². The van der Waals surface area contributed by atoms with Crippen molar-refractivity contribution in [3.05, 3.63) is 53.1 Å². The molecule has 2 saturated heterocycles. The van der Waals surface area contributed by atoms with Crippen molar-refractivity contribution in [2.45, 2.75) is 71.3 Å². The fourth-order valence-electron chi connectivity index (χ4n) is 5.55. The molecule has 1 aromatic rings. The average Bonchev–Trinajstić information content (AvgIpc) is 3.34. The second-order valence-electron chi connectivity index (χ2n) is 10.0. The molecule has 2 N–H and O–H groups in total. The van der Waals surface area contributed by atoms with Crippen molar-refractivity contribution < 1.29 is 9.42 Å². The lowest BCUT2D eigenvalue weighted by Gasteiger charge is -2.36. The predicted molar refractivity (Wildman–Crippen MR) is 128 cm³/mol. The molecule has 0 bridgehead atoms. The number of hydrogen-bond acceptors (Lipinski definition) is 3. The average molecular weight is 445 g/mol. The number of quaternary nitrogens is 1. The third-order valence-corrected chi connectivity index (χ3v) is 10.8. The topological polar surface area (TPSA) is 28.9 Å². The molecular weight excluding hydrogens is 409 g/mol. The number of hydrazine groups is 1. The lowest BCUT2D eigenvalue weighted by atomic mass is 9.82. The maximum Gasteiger partial charge on any atom is 0.212 e. The van der Waals surface area contributed by atoms with Crippen LogP contribution < -0.4 is 15.1 Å². The van der Waals surface area contributed by atoms with Crippen molar-refractivity contribution in [2.75, 3.05) is 17.9 Å². The Balaban J connectivity index is 1.64. The molecule has 2 aliphatic heterocycles. The molecular formula is C24H35N3OPS+. The number of hydrogen-bond donors (Lipinski definition) is 2. The highest BCUT2D eigenvalue weighted by Gasteiger charge is 2.50. The first-order chi connectivity index (χ1) is 14.5. The first-order valence-electron chi connectivity index (χ1n) is 11.7. The van der Waals surface area contributed by atoms with Crippen molar-refractivity contribution in [2.24, 2.45) is 5.41 Å². The minimum Gasteiger partial charge on any atom is -0.326 e. The fourth-order valence-corrected chi connectivity index (χ4v) is 9.64. The number of nitrogens with zero attached hydrogens (tertiary/aromatic N) is 1. The number of anilines is 1. The maximum atomic E-state index is 6.96. The van der Waals surface area contributed by atoms with Crippen LogP contribution in [0.15, 0.2) is 53.1 Å². The van der Waals surface area contributed by atoms with E-state index >= 15 is 0 Å². The van der Waals surface area contributed by atoms with Gasteiger partial charge in [-0.1, -0.05) is 51.0 Å². The summed E-state index contributed by atoms with van der Waals surface area (Å²) in [5.41, 5.74) is 7.74. The standard InChI is InChI=1S/C24H34N3OPS/c1-24(2)17-21-23(22(18-24)26-15-9-4-10-16-26)29(30,28-20-13-7-8-14-20)27(25-21)19-11-5-3-6-12-19/h3,5-6,11-12,17,20,25H,4,7-10,13-16,18H2,1-2H3/p+1/t29-/m0/s1. The van der Waals surface area contributed by atoms with Crippen LogP contribution in [-0.2, 0) is 16.3 Å². The molecule has 3 fully saturated rings. The zero-order valence-corrected chi connectivity index (χ0v) is 20.0. The van der Waals surface area contributed by atoms with Crippen LogP contribution in [0.1, 0.15) is 65.2 Å². The van der Waals surface area contributed by atoms with Gasteiger partial charge >= 0.3 is 0 Å². The molecule has 0 amide bonds. The quantitative estimate of drug-likeness (QED) is 0.648. The summed E-state index contributed by atoms with van der Waals surface area (Å²) in [7, 11) is 0. The molecule has 0 spiro atoms. The molecule has 5 rings (SSSR count). The van der Waals surface area contributed by atoms with Gasteiger partial charge in [-0.3, -0.25) is 5.43 Å². The Kier molecular flexibility index (Phi) is 5.60. The molecule has 1 saturated carbocycles. The first kappa shape index (κ1) is 20.8. The summed E-state index contributed by atoms with van der Waals surface area (Å²) in [6.45, 7) is 7.17. The summed E-state index contributed by atoms with van der Waals surface area (Å²) in [4.78, 5) is 1.65. The van der Waals surface area contributed by atoms with Crippen LogP contribution in [0.2, 0.25) is 0 Å².